The largest absolute Gasteiger partial charge is 0.348 e. The fourth-order valence-corrected chi connectivity index (χ4v) is 6.80. The molecule has 6 nitrogen and oxygen atoms in total. The Hall–Kier alpha value is -3.32. The minimum atomic E-state index is -0.192. The Labute approximate surface area is 230 Å². The van der Waals surface area contributed by atoms with Crippen LogP contribution in [0, 0.1) is 5.82 Å². The summed E-state index contributed by atoms with van der Waals surface area (Å²) in [6.07, 6.45) is 10.1. The molecule has 1 aliphatic carbocycles. The standard InChI is InChI=1S/C32H39FN6/c1-3-37(4-2)26-12-6-9-23(16-17-26)27-13-7-14-28(35-27)30-22-34-31-18-19-32(36-39(30)31)38-20-8-15-29(38)24-10-5-11-25(33)21-24/h5,7,10-11,13-14,18-19,21-23,26,29H,3-4,6,8-9,12,15-17,20H2,1-2H3. The summed E-state index contributed by atoms with van der Waals surface area (Å²) in [5.74, 6) is 1.18. The van der Waals surface area contributed by atoms with E-state index in [2.05, 4.69) is 46.8 Å². The molecule has 3 atom stereocenters. The fourth-order valence-electron chi connectivity index (χ4n) is 6.80. The van der Waals surface area contributed by atoms with Gasteiger partial charge in [-0.15, -0.1) is 5.10 Å². The first-order valence-electron chi connectivity index (χ1n) is 14.7. The summed E-state index contributed by atoms with van der Waals surface area (Å²) in [5.41, 5.74) is 4.81. The molecular weight excluding hydrogens is 487 g/mol. The first-order chi connectivity index (χ1) is 19.1. The number of halogens is 1. The van der Waals surface area contributed by atoms with E-state index in [1.54, 1.807) is 12.1 Å². The highest BCUT2D eigenvalue weighted by atomic mass is 19.1. The Balaban J connectivity index is 1.27. The van der Waals surface area contributed by atoms with Crippen molar-refractivity contribution in [2.24, 2.45) is 0 Å². The summed E-state index contributed by atoms with van der Waals surface area (Å²) in [7, 11) is 0. The van der Waals surface area contributed by atoms with Crippen molar-refractivity contribution in [2.75, 3.05) is 24.5 Å². The summed E-state index contributed by atoms with van der Waals surface area (Å²) in [6.45, 7) is 7.70. The van der Waals surface area contributed by atoms with Gasteiger partial charge in [-0.05, 0) is 93.6 Å². The van der Waals surface area contributed by atoms with Gasteiger partial charge in [0.05, 0.1) is 17.9 Å². The maximum Gasteiger partial charge on any atom is 0.154 e. The number of imidazole rings is 1. The summed E-state index contributed by atoms with van der Waals surface area (Å²) in [6, 6.07) is 18.2. The highest BCUT2D eigenvalue weighted by Gasteiger charge is 2.28. The number of fused-ring (bicyclic) bond motifs is 1. The summed E-state index contributed by atoms with van der Waals surface area (Å²) in [4.78, 5) is 14.7. The highest BCUT2D eigenvalue weighted by molar-refractivity contribution is 5.61. The topological polar surface area (TPSA) is 49.6 Å². The molecule has 6 rings (SSSR count). The Morgan fingerprint density at radius 2 is 1.79 bits per heavy atom. The molecule has 2 fully saturated rings. The lowest BCUT2D eigenvalue weighted by Crippen LogP contribution is -2.34. The third-order valence-electron chi connectivity index (χ3n) is 8.85. The van der Waals surface area contributed by atoms with Crippen molar-refractivity contribution in [1.29, 1.82) is 0 Å². The van der Waals surface area contributed by atoms with Crippen LogP contribution in [0.1, 0.15) is 82.0 Å². The summed E-state index contributed by atoms with van der Waals surface area (Å²) in [5, 5.41) is 5.04. The van der Waals surface area contributed by atoms with E-state index in [1.165, 1.54) is 43.9 Å². The summed E-state index contributed by atoms with van der Waals surface area (Å²) >= 11 is 0. The van der Waals surface area contributed by atoms with E-state index in [0.717, 1.165) is 60.9 Å². The molecule has 0 N–H and O–H groups in total. The van der Waals surface area contributed by atoms with Crippen molar-refractivity contribution in [3.63, 3.8) is 0 Å². The zero-order chi connectivity index (χ0) is 26.8. The molecule has 3 unspecified atom stereocenters. The van der Waals surface area contributed by atoms with Gasteiger partial charge < -0.3 is 9.80 Å². The lowest BCUT2D eigenvalue weighted by atomic mass is 9.95. The lowest BCUT2D eigenvalue weighted by Gasteiger charge is -2.28. The molecule has 204 valence electrons. The van der Waals surface area contributed by atoms with Gasteiger partial charge in [0, 0.05) is 24.2 Å². The maximum absolute atomic E-state index is 14.0. The van der Waals surface area contributed by atoms with Crippen LogP contribution in [0.2, 0.25) is 0 Å². The van der Waals surface area contributed by atoms with Crippen LogP contribution < -0.4 is 4.90 Å². The number of rotatable bonds is 7. The zero-order valence-corrected chi connectivity index (χ0v) is 23.1. The van der Waals surface area contributed by atoms with E-state index in [1.807, 2.05) is 28.9 Å². The predicted molar refractivity (Wildman–Crippen MR) is 154 cm³/mol. The quantitative estimate of drug-likeness (QED) is 0.242. The molecular formula is C32H39FN6. The number of pyridine rings is 1. The van der Waals surface area contributed by atoms with Gasteiger partial charge in [0.15, 0.2) is 5.65 Å². The highest BCUT2D eigenvalue weighted by Crippen LogP contribution is 2.36. The van der Waals surface area contributed by atoms with E-state index >= 15 is 0 Å². The van der Waals surface area contributed by atoms with Crippen LogP contribution in [0.3, 0.4) is 0 Å². The number of benzene rings is 1. The van der Waals surface area contributed by atoms with E-state index < -0.39 is 0 Å². The molecule has 0 radical (unpaired) electrons. The second-order valence-electron chi connectivity index (χ2n) is 11.0. The molecule has 4 heterocycles. The van der Waals surface area contributed by atoms with E-state index in [4.69, 9.17) is 10.1 Å². The molecule has 0 bridgehead atoms. The first kappa shape index (κ1) is 25.9. The second kappa shape index (κ2) is 11.4. The van der Waals surface area contributed by atoms with Gasteiger partial charge in [0.1, 0.15) is 17.3 Å². The third-order valence-corrected chi connectivity index (χ3v) is 8.85. The third kappa shape index (κ3) is 5.29. The van der Waals surface area contributed by atoms with Gasteiger partial charge in [-0.3, -0.25) is 4.98 Å². The minimum absolute atomic E-state index is 0.120. The SMILES string of the molecule is CCN(CC)C1CCCC(c2cccc(-c3cnc4ccc(N5CCCC5c5cccc(F)c5)nn34)n2)CC1. The second-order valence-corrected chi connectivity index (χ2v) is 11.0. The van der Waals surface area contributed by atoms with E-state index in [-0.39, 0.29) is 11.9 Å². The normalized spacial score (nSPS) is 22.1. The minimum Gasteiger partial charge on any atom is -0.348 e. The predicted octanol–water partition coefficient (Wildman–Crippen LogP) is 7.03. The average molecular weight is 527 g/mol. The molecule has 39 heavy (non-hydrogen) atoms. The van der Waals surface area contributed by atoms with Crippen LogP contribution in [-0.2, 0) is 0 Å². The molecule has 3 aromatic heterocycles. The van der Waals surface area contributed by atoms with E-state index in [0.29, 0.717) is 12.0 Å². The van der Waals surface area contributed by atoms with Crippen molar-refractivity contribution in [1.82, 2.24) is 24.5 Å². The molecule has 0 amide bonds. The van der Waals surface area contributed by atoms with Crippen molar-refractivity contribution < 1.29 is 4.39 Å². The van der Waals surface area contributed by atoms with Crippen LogP contribution in [0.5, 0.6) is 0 Å². The van der Waals surface area contributed by atoms with Gasteiger partial charge in [-0.25, -0.2) is 13.9 Å². The molecule has 1 aliphatic heterocycles. The lowest BCUT2D eigenvalue weighted by molar-refractivity contribution is 0.197. The van der Waals surface area contributed by atoms with Gasteiger partial charge in [-0.1, -0.05) is 38.5 Å². The maximum atomic E-state index is 14.0. The molecule has 4 aromatic rings. The van der Waals surface area contributed by atoms with Gasteiger partial charge >= 0.3 is 0 Å². The number of hydrogen-bond donors (Lipinski definition) is 0. The number of hydrogen-bond acceptors (Lipinski definition) is 5. The molecule has 1 saturated carbocycles. The van der Waals surface area contributed by atoms with Crippen LogP contribution in [-0.4, -0.2) is 50.2 Å². The Kier molecular flexibility index (Phi) is 7.60. The monoisotopic (exact) mass is 526 g/mol. The van der Waals surface area contributed by atoms with Gasteiger partial charge in [0.25, 0.3) is 0 Å². The Bertz CT molecular complexity index is 1410. The van der Waals surface area contributed by atoms with Crippen molar-refractivity contribution in [3.05, 3.63) is 77.9 Å². The van der Waals surface area contributed by atoms with Crippen LogP contribution >= 0.6 is 0 Å². The van der Waals surface area contributed by atoms with Gasteiger partial charge in [-0.2, -0.15) is 0 Å². The molecule has 2 aliphatic rings. The van der Waals surface area contributed by atoms with Crippen molar-refractivity contribution in [3.8, 4) is 11.4 Å². The molecule has 7 heteroatoms. The average Bonchev–Trinajstić information content (AvgIpc) is 3.55. The Morgan fingerprint density at radius 1 is 0.923 bits per heavy atom. The van der Waals surface area contributed by atoms with E-state index in [9.17, 15) is 4.39 Å². The molecule has 1 aromatic carbocycles. The van der Waals surface area contributed by atoms with Gasteiger partial charge in [0.2, 0.25) is 0 Å². The Morgan fingerprint density at radius 3 is 2.64 bits per heavy atom. The zero-order valence-electron chi connectivity index (χ0n) is 23.1. The van der Waals surface area contributed by atoms with Crippen LogP contribution in [0.15, 0.2) is 60.8 Å². The van der Waals surface area contributed by atoms with Crippen LogP contribution in [0.4, 0.5) is 10.2 Å². The first-order valence-corrected chi connectivity index (χ1v) is 14.7. The smallest absolute Gasteiger partial charge is 0.154 e. The molecule has 0 spiro atoms. The molecule has 1 saturated heterocycles. The number of anilines is 1. The van der Waals surface area contributed by atoms with Crippen LogP contribution in [0.25, 0.3) is 17.0 Å². The fraction of sp³-hybridized carbons (Fsp3) is 0.469. The number of nitrogens with zero attached hydrogens (tertiary/aromatic N) is 6. The number of aromatic nitrogens is 4. The van der Waals surface area contributed by atoms with Crippen molar-refractivity contribution >= 4 is 11.5 Å². The van der Waals surface area contributed by atoms with Crippen molar-refractivity contribution in [2.45, 2.75) is 76.8 Å². The summed E-state index contributed by atoms with van der Waals surface area (Å²) < 4.78 is 15.9.